The van der Waals surface area contributed by atoms with Gasteiger partial charge in [0, 0.05) is 12.5 Å². The Morgan fingerprint density at radius 2 is 1.90 bits per heavy atom. The molecule has 0 unspecified atom stereocenters. The summed E-state index contributed by atoms with van der Waals surface area (Å²) in [5.74, 6) is 0.0295. The maximum atomic E-state index is 12.1. The molecule has 0 aliphatic rings. The zero-order valence-corrected chi connectivity index (χ0v) is 12.4. The Morgan fingerprint density at radius 3 is 2.43 bits per heavy atom. The number of thiocarbonyl (C=S) groups is 1. The van der Waals surface area contributed by atoms with Crippen molar-refractivity contribution in [1.29, 1.82) is 0 Å². The monoisotopic (exact) mass is 324 g/mol. The summed E-state index contributed by atoms with van der Waals surface area (Å²) >= 11 is 4.79. The highest BCUT2D eigenvalue weighted by molar-refractivity contribution is 7.92. The van der Waals surface area contributed by atoms with Crippen molar-refractivity contribution < 1.29 is 8.42 Å². The minimum absolute atomic E-state index is 0.0295. The number of nitrogens with one attached hydrogen (secondary N) is 2. The molecule has 0 aliphatic heterocycles. The number of nitrogens with two attached hydrogens (primary N) is 1. The van der Waals surface area contributed by atoms with Crippen LogP contribution in [0.1, 0.15) is 5.56 Å². The molecule has 1 aromatic carbocycles. The van der Waals surface area contributed by atoms with Crippen LogP contribution in [-0.4, -0.2) is 23.6 Å². The first-order chi connectivity index (χ1) is 9.87. The number of benzene rings is 1. The van der Waals surface area contributed by atoms with E-state index in [4.69, 9.17) is 18.0 Å². The molecule has 2 aromatic rings. The molecule has 0 amide bonds. The van der Waals surface area contributed by atoms with E-state index in [2.05, 4.69) is 14.9 Å². The third-order valence-corrected chi connectivity index (χ3v) is 4.05. The number of nitrogens with zero attached hydrogens (tertiary/aromatic N) is 1. The van der Waals surface area contributed by atoms with Gasteiger partial charge in [0.15, 0.2) is 5.82 Å². The highest BCUT2D eigenvalue weighted by Gasteiger charge is 2.14. The molecule has 0 radical (unpaired) electrons. The number of H-pyrrole nitrogens is 1. The number of aromatic amines is 1. The van der Waals surface area contributed by atoms with E-state index < -0.39 is 15.6 Å². The maximum absolute atomic E-state index is 12.1. The van der Waals surface area contributed by atoms with Crippen molar-refractivity contribution in [1.82, 2.24) is 10.2 Å². The smallest absolute Gasteiger partial charge is 0.264 e. The molecule has 0 saturated carbocycles. The van der Waals surface area contributed by atoms with E-state index >= 15 is 0 Å². The number of sulfonamides is 1. The van der Waals surface area contributed by atoms with E-state index in [1.807, 2.05) is 0 Å². The standard InChI is InChI=1S/C12H12N4O3S2/c13-10(20)7-8-1-3-9(4-2-8)21(18,19)16-11-5-6-12(17)15-14-11/h1-6H,7H2,(H2,13,20)(H,14,16)(H,15,17). The molecule has 0 fully saturated rings. The third kappa shape index (κ3) is 4.10. The summed E-state index contributed by atoms with van der Waals surface area (Å²) in [6.07, 6.45) is 0.407. The SMILES string of the molecule is NC(=S)Cc1ccc(S(=O)(=O)Nc2ccc(=O)[nH]n2)cc1. The first-order valence-electron chi connectivity index (χ1n) is 5.82. The predicted molar refractivity (Wildman–Crippen MR) is 82.6 cm³/mol. The summed E-state index contributed by atoms with van der Waals surface area (Å²) < 4.78 is 26.5. The number of hydrogen-bond acceptors (Lipinski definition) is 5. The second kappa shape index (κ2) is 6.02. The second-order valence-electron chi connectivity index (χ2n) is 4.20. The van der Waals surface area contributed by atoms with Crippen LogP contribution in [0.25, 0.3) is 0 Å². The number of anilines is 1. The van der Waals surface area contributed by atoms with Gasteiger partial charge in [0.05, 0.1) is 9.88 Å². The molecule has 110 valence electrons. The lowest BCUT2D eigenvalue weighted by Gasteiger charge is -2.07. The Balaban J connectivity index is 2.21. The van der Waals surface area contributed by atoms with E-state index in [-0.39, 0.29) is 10.7 Å². The normalized spacial score (nSPS) is 11.0. The fourth-order valence-electron chi connectivity index (χ4n) is 1.59. The van der Waals surface area contributed by atoms with E-state index in [0.717, 1.165) is 5.56 Å². The number of hydrogen-bond donors (Lipinski definition) is 3. The van der Waals surface area contributed by atoms with Crippen LogP contribution >= 0.6 is 12.2 Å². The topological polar surface area (TPSA) is 118 Å². The van der Waals surface area contributed by atoms with E-state index in [1.54, 1.807) is 12.1 Å². The zero-order chi connectivity index (χ0) is 15.5. The van der Waals surface area contributed by atoms with E-state index in [0.29, 0.717) is 11.4 Å². The molecule has 0 saturated heterocycles. The molecule has 0 aliphatic carbocycles. The van der Waals surface area contributed by atoms with E-state index in [1.165, 1.54) is 24.3 Å². The fourth-order valence-corrected chi connectivity index (χ4v) is 2.75. The van der Waals surface area contributed by atoms with E-state index in [9.17, 15) is 13.2 Å². The van der Waals surface area contributed by atoms with Gasteiger partial charge in [0.2, 0.25) is 0 Å². The molecule has 9 heteroatoms. The van der Waals surface area contributed by atoms with Gasteiger partial charge in [-0.1, -0.05) is 24.4 Å². The van der Waals surface area contributed by atoms with Crippen LogP contribution in [0.15, 0.2) is 46.1 Å². The summed E-state index contributed by atoms with van der Waals surface area (Å²) in [6, 6.07) is 8.61. The summed E-state index contributed by atoms with van der Waals surface area (Å²) in [4.78, 5) is 11.3. The zero-order valence-electron chi connectivity index (χ0n) is 10.7. The van der Waals surface area contributed by atoms with Gasteiger partial charge in [0.25, 0.3) is 15.6 Å². The molecule has 21 heavy (non-hydrogen) atoms. The Labute approximate surface area is 126 Å². The van der Waals surface area contributed by atoms with Gasteiger partial charge in [0.1, 0.15) is 0 Å². The number of aromatic nitrogens is 2. The lowest BCUT2D eigenvalue weighted by Crippen LogP contribution is -2.16. The Morgan fingerprint density at radius 1 is 1.24 bits per heavy atom. The van der Waals surface area contributed by atoms with Crippen molar-refractivity contribution in [3.63, 3.8) is 0 Å². The van der Waals surface area contributed by atoms with Gasteiger partial charge in [-0.05, 0) is 23.8 Å². The quantitative estimate of drug-likeness (QED) is 0.685. The predicted octanol–water partition coefficient (Wildman–Crippen LogP) is 0.399. The summed E-state index contributed by atoms with van der Waals surface area (Å²) in [5.41, 5.74) is 5.83. The summed E-state index contributed by atoms with van der Waals surface area (Å²) in [5, 5.41) is 5.73. The van der Waals surface area contributed by atoms with Crippen molar-refractivity contribution in [2.45, 2.75) is 11.3 Å². The fraction of sp³-hybridized carbons (Fsp3) is 0.0833. The van der Waals surface area contributed by atoms with Gasteiger partial charge in [-0.3, -0.25) is 9.52 Å². The van der Waals surface area contributed by atoms with Gasteiger partial charge in [-0.2, -0.15) is 5.10 Å². The van der Waals surface area contributed by atoms with Crippen LogP contribution in [0, 0.1) is 0 Å². The summed E-state index contributed by atoms with van der Waals surface area (Å²) in [7, 11) is -3.77. The summed E-state index contributed by atoms with van der Waals surface area (Å²) in [6.45, 7) is 0. The van der Waals surface area contributed by atoms with Gasteiger partial charge >= 0.3 is 0 Å². The molecule has 1 aromatic heterocycles. The first kappa shape index (κ1) is 15.1. The largest absolute Gasteiger partial charge is 0.393 e. The van der Waals surface area contributed by atoms with Crippen LogP contribution in [0.3, 0.4) is 0 Å². The molecule has 1 heterocycles. The Kier molecular flexibility index (Phi) is 4.34. The molecular weight excluding hydrogens is 312 g/mol. The molecule has 4 N–H and O–H groups in total. The van der Waals surface area contributed by atoms with Crippen molar-refractivity contribution in [3.05, 3.63) is 52.3 Å². The van der Waals surface area contributed by atoms with Gasteiger partial charge in [-0.25, -0.2) is 13.5 Å². The van der Waals surface area contributed by atoms with Crippen molar-refractivity contribution in [2.24, 2.45) is 5.73 Å². The van der Waals surface area contributed by atoms with Crippen molar-refractivity contribution in [3.8, 4) is 0 Å². The highest BCUT2D eigenvalue weighted by atomic mass is 32.2. The minimum atomic E-state index is -3.77. The molecular formula is C12H12N4O3S2. The second-order valence-corrected chi connectivity index (χ2v) is 6.41. The average molecular weight is 324 g/mol. The lowest BCUT2D eigenvalue weighted by molar-refractivity contribution is 0.601. The highest BCUT2D eigenvalue weighted by Crippen LogP contribution is 2.14. The van der Waals surface area contributed by atoms with Crippen LogP contribution in [-0.2, 0) is 16.4 Å². The third-order valence-electron chi connectivity index (χ3n) is 2.53. The first-order valence-corrected chi connectivity index (χ1v) is 7.72. The lowest BCUT2D eigenvalue weighted by atomic mass is 10.1. The van der Waals surface area contributed by atoms with Crippen LogP contribution in [0.2, 0.25) is 0 Å². The van der Waals surface area contributed by atoms with Gasteiger partial charge < -0.3 is 5.73 Å². The molecule has 0 bridgehead atoms. The number of rotatable bonds is 5. The van der Waals surface area contributed by atoms with Crippen LogP contribution < -0.4 is 16.0 Å². The molecule has 2 rings (SSSR count). The van der Waals surface area contributed by atoms with Gasteiger partial charge in [-0.15, -0.1) is 0 Å². The molecule has 7 nitrogen and oxygen atoms in total. The van der Waals surface area contributed by atoms with Crippen molar-refractivity contribution in [2.75, 3.05) is 4.72 Å². The van der Waals surface area contributed by atoms with Crippen LogP contribution in [0.5, 0.6) is 0 Å². The minimum Gasteiger partial charge on any atom is -0.393 e. The Bertz CT molecular complexity index is 793. The average Bonchev–Trinajstić information content (AvgIpc) is 2.41. The molecule has 0 atom stereocenters. The Hall–Kier alpha value is -2.26. The molecule has 0 spiro atoms. The maximum Gasteiger partial charge on any atom is 0.264 e. The van der Waals surface area contributed by atoms with Crippen molar-refractivity contribution >= 4 is 33.0 Å². The van der Waals surface area contributed by atoms with Crippen LogP contribution in [0.4, 0.5) is 5.82 Å².